The molecule has 26 heavy (non-hydrogen) atoms. The lowest BCUT2D eigenvalue weighted by atomic mass is 9.99. The number of rotatable bonds is 2. The van der Waals surface area contributed by atoms with E-state index in [0.29, 0.717) is 38.1 Å². The summed E-state index contributed by atoms with van der Waals surface area (Å²) >= 11 is 14.4. The molecule has 4 nitrogen and oxygen atoms in total. The summed E-state index contributed by atoms with van der Waals surface area (Å²) < 4.78 is 1.03. The molecule has 1 aliphatic heterocycles. The number of benzene rings is 2. The van der Waals surface area contributed by atoms with Crippen LogP contribution in [0.15, 0.2) is 41.4 Å². The van der Waals surface area contributed by atoms with Crippen LogP contribution in [0.2, 0.25) is 10.0 Å². The lowest BCUT2D eigenvalue weighted by molar-refractivity contribution is 0.101. The Morgan fingerprint density at radius 2 is 1.69 bits per heavy atom. The number of hydrogen-bond donors (Lipinski definition) is 2. The Morgan fingerprint density at radius 3 is 2.35 bits per heavy atom. The van der Waals surface area contributed by atoms with Crippen LogP contribution >= 0.6 is 45.8 Å². The van der Waals surface area contributed by atoms with Gasteiger partial charge in [-0.25, -0.2) is 4.99 Å². The number of H-pyrrole nitrogens is 1. The average molecular weight is 497 g/mol. The van der Waals surface area contributed by atoms with E-state index >= 15 is 0 Å². The van der Waals surface area contributed by atoms with Gasteiger partial charge in [0, 0.05) is 24.7 Å². The Labute approximate surface area is 173 Å². The van der Waals surface area contributed by atoms with Gasteiger partial charge in [0.2, 0.25) is 0 Å². The maximum Gasteiger partial charge on any atom is 0.280 e. The minimum absolute atomic E-state index is 0.104. The standard InChI is InChI=1S/C19H11Cl2IN2O2/c1-8-2-9(6-13(22)3-8)16-14-15(19(26)23-16)17(24-18(14)25)10-4-11(20)7-12(21)5-10/h2-7,24-25H,1H3. The summed E-state index contributed by atoms with van der Waals surface area (Å²) in [7, 11) is 0. The summed E-state index contributed by atoms with van der Waals surface area (Å²) in [6.07, 6.45) is 0. The van der Waals surface area contributed by atoms with Crippen molar-refractivity contribution in [3.8, 4) is 17.1 Å². The van der Waals surface area contributed by atoms with Gasteiger partial charge in [0.05, 0.1) is 22.5 Å². The van der Waals surface area contributed by atoms with E-state index in [1.807, 2.05) is 25.1 Å². The highest BCUT2D eigenvalue weighted by Gasteiger charge is 2.33. The summed E-state index contributed by atoms with van der Waals surface area (Å²) in [5.74, 6) is -0.513. The fourth-order valence-electron chi connectivity index (χ4n) is 3.14. The van der Waals surface area contributed by atoms with Crippen molar-refractivity contribution in [1.29, 1.82) is 0 Å². The second-order valence-electron chi connectivity index (χ2n) is 6.04. The van der Waals surface area contributed by atoms with Crippen LogP contribution in [0.1, 0.15) is 27.0 Å². The van der Waals surface area contributed by atoms with E-state index in [2.05, 4.69) is 32.6 Å². The number of aromatic amines is 1. The molecule has 0 saturated heterocycles. The van der Waals surface area contributed by atoms with Crippen LogP contribution in [0.3, 0.4) is 0 Å². The molecule has 1 aliphatic rings. The number of fused-ring (bicyclic) bond motifs is 1. The van der Waals surface area contributed by atoms with Crippen molar-refractivity contribution in [2.45, 2.75) is 6.92 Å². The predicted octanol–water partition coefficient (Wildman–Crippen LogP) is 5.60. The first-order valence-corrected chi connectivity index (χ1v) is 9.49. The van der Waals surface area contributed by atoms with Gasteiger partial charge in [-0.05, 0) is 71.5 Å². The van der Waals surface area contributed by atoms with E-state index in [0.717, 1.165) is 14.7 Å². The summed E-state index contributed by atoms with van der Waals surface area (Å²) in [5.41, 5.74) is 4.09. The average Bonchev–Trinajstić information content (AvgIpc) is 3.05. The van der Waals surface area contributed by atoms with E-state index in [9.17, 15) is 9.90 Å². The third-order valence-corrected chi connectivity index (χ3v) is 5.17. The molecule has 0 fully saturated rings. The first-order valence-electron chi connectivity index (χ1n) is 7.66. The smallest absolute Gasteiger partial charge is 0.280 e. The van der Waals surface area contributed by atoms with Gasteiger partial charge < -0.3 is 10.1 Å². The van der Waals surface area contributed by atoms with E-state index in [4.69, 9.17) is 23.2 Å². The Balaban J connectivity index is 1.92. The molecule has 0 spiro atoms. The summed E-state index contributed by atoms with van der Waals surface area (Å²) in [5, 5.41) is 11.4. The van der Waals surface area contributed by atoms with Crippen molar-refractivity contribution in [3.05, 3.63) is 72.3 Å². The maximum atomic E-state index is 12.6. The molecule has 1 aromatic heterocycles. The molecule has 0 radical (unpaired) electrons. The molecule has 3 aromatic rings. The van der Waals surface area contributed by atoms with Crippen molar-refractivity contribution in [1.82, 2.24) is 4.98 Å². The highest BCUT2D eigenvalue weighted by atomic mass is 127. The van der Waals surface area contributed by atoms with E-state index < -0.39 is 5.91 Å². The van der Waals surface area contributed by atoms with Gasteiger partial charge in [-0.1, -0.05) is 23.2 Å². The number of hydrogen-bond acceptors (Lipinski definition) is 2. The zero-order chi connectivity index (χ0) is 18.6. The lowest BCUT2D eigenvalue weighted by Gasteiger charge is -2.04. The number of carbonyl (C=O) groups excluding carboxylic acids is 1. The van der Waals surface area contributed by atoms with Gasteiger partial charge in [-0.3, -0.25) is 4.79 Å². The molecule has 0 saturated carbocycles. The number of nitrogens with zero attached hydrogens (tertiary/aromatic N) is 1. The SMILES string of the molecule is Cc1cc(I)cc(C2=NC(=O)c3c(-c4cc(Cl)cc(Cl)c4)[nH]c(O)c32)c1. The summed E-state index contributed by atoms with van der Waals surface area (Å²) in [4.78, 5) is 19.7. The monoisotopic (exact) mass is 496 g/mol. The second kappa shape index (κ2) is 6.40. The molecular formula is C19H11Cl2IN2O2. The second-order valence-corrected chi connectivity index (χ2v) is 8.16. The van der Waals surface area contributed by atoms with Crippen LogP contribution in [0.25, 0.3) is 11.3 Å². The summed E-state index contributed by atoms with van der Waals surface area (Å²) in [6.45, 7) is 1.97. The Morgan fingerprint density at radius 1 is 1.00 bits per heavy atom. The number of aromatic hydroxyl groups is 1. The van der Waals surface area contributed by atoms with Gasteiger partial charge in [-0.15, -0.1) is 0 Å². The van der Waals surface area contributed by atoms with Crippen molar-refractivity contribution >= 4 is 57.4 Å². The highest BCUT2D eigenvalue weighted by molar-refractivity contribution is 14.1. The third-order valence-electron chi connectivity index (χ3n) is 4.11. The fourth-order valence-corrected chi connectivity index (χ4v) is 4.49. The van der Waals surface area contributed by atoms with Crippen molar-refractivity contribution in [2.75, 3.05) is 0 Å². The number of aromatic nitrogens is 1. The zero-order valence-corrected chi connectivity index (χ0v) is 17.1. The Bertz CT molecular complexity index is 1080. The van der Waals surface area contributed by atoms with Gasteiger partial charge in [-0.2, -0.15) is 0 Å². The highest BCUT2D eigenvalue weighted by Crippen LogP contribution is 2.39. The van der Waals surface area contributed by atoms with Crippen LogP contribution in [-0.2, 0) is 0 Å². The molecule has 2 aromatic carbocycles. The van der Waals surface area contributed by atoms with E-state index in [-0.39, 0.29) is 5.88 Å². The van der Waals surface area contributed by atoms with Gasteiger partial charge in [0.25, 0.3) is 5.91 Å². The minimum Gasteiger partial charge on any atom is -0.494 e. The van der Waals surface area contributed by atoms with Crippen molar-refractivity contribution < 1.29 is 9.90 Å². The number of halogens is 3. The first-order chi connectivity index (χ1) is 12.3. The number of aryl methyl sites for hydroxylation is 1. The van der Waals surface area contributed by atoms with Crippen LogP contribution in [0.4, 0.5) is 0 Å². The first kappa shape index (κ1) is 17.6. The maximum absolute atomic E-state index is 12.6. The third kappa shape index (κ3) is 2.94. The van der Waals surface area contributed by atoms with Gasteiger partial charge >= 0.3 is 0 Å². The molecule has 0 atom stereocenters. The molecule has 0 bridgehead atoms. The van der Waals surface area contributed by atoms with Crippen LogP contribution < -0.4 is 0 Å². The van der Waals surface area contributed by atoms with E-state index in [1.54, 1.807) is 18.2 Å². The quantitative estimate of drug-likeness (QED) is 0.453. The molecule has 7 heteroatoms. The molecule has 0 aliphatic carbocycles. The van der Waals surface area contributed by atoms with Crippen LogP contribution in [0.5, 0.6) is 5.88 Å². The predicted molar refractivity (Wildman–Crippen MR) is 112 cm³/mol. The van der Waals surface area contributed by atoms with Crippen molar-refractivity contribution in [3.63, 3.8) is 0 Å². The summed E-state index contributed by atoms with van der Waals surface area (Å²) in [6, 6.07) is 10.9. The lowest BCUT2D eigenvalue weighted by Crippen LogP contribution is -2.01. The Kier molecular flexibility index (Phi) is 4.33. The van der Waals surface area contributed by atoms with E-state index in [1.165, 1.54) is 0 Å². The number of aliphatic imine (C=N–C) groups is 1. The molecule has 2 N–H and O–H groups in total. The number of nitrogens with one attached hydrogen (secondary N) is 1. The topological polar surface area (TPSA) is 65.5 Å². The number of carbonyl (C=O) groups is 1. The molecule has 4 rings (SSSR count). The van der Waals surface area contributed by atoms with Crippen molar-refractivity contribution in [2.24, 2.45) is 4.99 Å². The minimum atomic E-state index is -0.408. The van der Waals surface area contributed by atoms with Crippen LogP contribution in [-0.4, -0.2) is 21.7 Å². The van der Waals surface area contributed by atoms with Gasteiger partial charge in [0.15, 0.2) is 5.88 Å². The molecule has 130 valence electrons. The largest absolute Gasteiger partial charge is 0.494 e. The number of amides is 1. The zero-order valence-electron chi connectivity index (χ0n) is 13.4. The normalized spacial score (nSPS) is 13.1. The van der Waals surface area contributed by atoms with Crippen LogP contribution in [0, 0.1) is 10.5 Å². The molecule has 1 amide bonds. The molecule has 0 unspecified atom stereocenters. The molecule has 2 heterocycles. The Hall–Kier alpha value is -1.83. The fraction of sp³-hybridized carbons (Fsp3) is 0.0526. The molecular weight excluding hydrogens is 486 g/mol. The van der Waals surface area contributed by atoms with Gasteiger partial charge in [0.1, 0.15) is 0 Å².